The molecule has 1 atom stereocenters. The number of hydrogen-bond donors (Lipinski definition) is 1. The van der Waals surface area contributed by atoms with Crippen molar-refractivity contribution in [2.75, 3.05) is 11.9 Å². The van der Waals surface area contributed by atoms with Crippen molar-refractivity contribution in [1.82, 2.24) is 0 Å². The third-order valence-corrected chi connectivity index (χ3v) is 2.36. The lowest BCUT2D eigenvalue weighted by Gasteiger charge is -2.17. The lowest BCUT2D eigenvalue weighted by molar-refractivity contribution is -0.144. The Hall–Kier alpha value is -2.02. The minimum atomic E-state index is -0.413. The zero-order valence-corrected chi connectivity index (χ0v) is 10.1. The van der Waals surface area contributed by atoms with Gasteiger partial charge in [-0.15, -0.1) is 0 Å². The summed E-state index contributed by atoms with van der Waals surface area (Å²) in [6.45, 7) is 4.02. The Balaban J connectivity index is 2.81. The van der Waals surface area contributed by atoms with Crippen LogP contribution in [0.15, 0.2) is 24.3 Å². The highest BCUT2D eigenvalue weighted by atomic mass is 16.5. The maximum Gasteiger partial charge on any atom is 0.328 e. The third kappa shape index (κ3) is 3.49. The summed E-state index contributed by atoms with van der Waals surface area (Å²) in [6.07, 6.45) is 0.610. The van der Waals surface area contributed by atoms with Crippen LogP contribution in [0.1, 0.15) is 25.8 Å². The SMILES string of the molecule is CCOC(=O)C(CC)Nc1ccccc1C#N. The van der Waals surface area contributed by atoms with E-state index in [2.05, 4.69) is 11.4 Å². The van der Waals surface area contributed by atoms with Gasteiger partial charge in [0.05, 0.1) is 17.9 Å². The summed E-state index contributed by atoms with van der Waals surface area (Å²) >= 11 is 0. The third-order valence-electron chi connectivity index (χ3n) is 2.36. The number of nitrogens with one attached hydrogen (secondary N) is 1. The summed E-state index contributed by atoms with van der Waals surface area (Å²) in [5.74, 6) is -0.289. The second kappa shape index (κ2) is 6.54. The topological polar surface area (TPSA) is 62.1 Å². The molecule has 17 heavy (non-hydrogen) atoms. The largest absolute Gasteiger partial charge is 0.464 e. The van der Waals surface area contributed by atoms with E-state index in [1.54, 1.807) is 25.1 Å². The van der Waals surface area contributed by atoms with Gasteiger partial charge in [0.15, 0.2) is 0 Å². The predicted molar refractivity (Wildman–Crippen MR) is 65.5 cm³/mol. The highest BCUT2D eigenvalue weighted by Gasteiger charge is 2.18. The molecule has 0 fully saturated rings. The van der Waals surface area contributed by atoms with Gasteiger partial charge in [-0.1, -0.05) is 19.1 Å². The number of esters is 1. The lowest BCUT2D eigenvalue weighted by Crippen LogP contribution is -2.30. The van der Waals surface area contributed by atoms with Crippen molar-refractivity contribution >= 4 is 11.7 Å². The Morgan fingerprint density at radius 1 is 1.47 bits per heavy atom. The zero-order chi connectivity index (χ0) is 12.7. The lowest BCUT2D eigenvalue weighted by atomic mass is 10.1. The number of carbonyl (C=O) groups is 1. The van der Waals surface area contributed by atoms with Gasteiger partial charge in [0.2, 0.25) is 0 Å². The number of rotatable bonds is 5. The fourth-order valence-corrected chi connectivity index (χ4v) is 1.46. The number of nitriles is 1. The molecule has 0 spiro atoms. The van der Waals surface area contributed by atoms with Crippen LogP contribution in [0.4, 0.5) is 5.69 Å². The van der Waals surface area contributed by atoms with Gasteiger partial charge in [-0.25, -0.2) is 4.79 Å². The van der Waals surface area contributed by atoms with Crippen molar-refractivity contribution in [2.24, 2.45) is 0 Å². The average Bonchev–Trinajstić information content (AvgIpc) is 2.36. The van der Waals surface area contributed by atoms with Crippen LogP contribution in [0.3, 0.4) is 0 Å². The number of para-hydroxylation sites is 1. The van der Waals surface area contributed by atoms with Gasteiger partial charge in [0.1, 0.15) is 12.1 Å². The molecule has 1 aromatic carbocycles. The highest BCUT2D eigenvalue weighted by Crippen LogP contribution is 2.16. The summed E-state index contributed by atoms with van der Waals surface area (Å²) in [6, 6.07) is 8.76. The van der Waals surface area contributed by atoms with Crippen LogP contribution in [-0.2, 0) is 9.53 Å². The summed E-state index contributed by atoms with van der Waals surface area (Å²) in [5, 5.41) is 12.0. The van der Waals surface area contributed by atoms with E-state index in [0.717, 1.165) is 0 Å². The maximum atomic E-state index is 11.6. The second-order valence-corrected chi connectivity index (χ2v) is 3.51. The number of hydrogen-bond acceptors (Lipinski definition) is 4. The molecule has 1 unspecified atom stereocenters. The molecule has 0 aliphatic rings. The molecule has 4 nitrogen and oxygen atoms in total. The van der Waals surface area contributed by atoms with Crippen molar-refractivity contribution < 1.29 is 9.53 Å². The Labute approximate surface area is 101 Å². The van der Waals surface area contributed by atoms with E-state index >= 15 is 0 Å². The maximum absolute atomic E-state index is 11.6. The molecular weight excluding hydrogens is 216 g/mol. The van der Waals surface area contributed by atoms with Crippen LogP contribution < -0.4 is 5.32 Å². The summed E-state index contributed by atoms with van der Waals surface area (Å²) in [4.78, 5) is 11.6. The fraction of sp³-hybridized carbons (Fsp3) is 0.385. The Bertz CT molecular complexity index is 424. The molecule has 0 saturated carbocycles. The van der Waals surface area contributed by atoms with Gasteiger partial charge >= 0.3 is 5.97 Å². The molecule has 0 heterocycles. The molecule has 1 N–H and O–H groups in total. The second-order valence-electron chi connectivity index (χ2n) is 3.51. The number of benzene rings is 1. The molecule has 0 aromatic heterocycles. The first-order valence-electron chi connectivity index (χ1n) is 5.65. The van der Waals surface area contributed by atoms with Gasteiger partial charge in [0.25, 0.3) is 0 Å². The first-order valence-corrected chi connectivity index (χ1v) is 5.65. The number of nitrogens with zero attached hydrogens (tertiary/aromatic N) is 1. The van der Waals surface area contributed by atoms with Crippen molar-refractivity contribution in [2.45, 2.75) is 26.3 Å². The van der Waals surface area contributed by atoms with Crippen molar-refractivity contribution in [3.05, 3.63) is 29.8 Å². The molecule has 0 aliphatic carbocycles. The molecule has 0 radical (unpaired) electrons. The molecule has 0 saturated heterocycles. The van der Waals surface area contributed by atoms with Gasteiger partial charge in [-0.05, 0) is 25.5 Å². The first kappa shape index (κ1) is 13.0. The van der Waals surface area contributed by atoms with Crippen molar-refractivity contribution in [1.29, 1.82) is 5.26 Å². The van der Waals surface area contributed by atoms with E-state index in [1.165, 1.54) is 0 Å². The van der Waals surface area contributed by atoms with E-state index < -0.39 is 6.04 Å². The Morgan fingerprint density at radius 2 is 2.18 bits per heavy atom. The summed E-state index contributed by atoms with van der Waals surface area (Å²) in [5.41, 5.74) is 1.19. The van der Waals surface area contributed by atoms with Crippen LogP contribution in [0.25, 0.3) is 0 Å². The molecule has 1 rings (SSSR count). The van der Waals surface area contributed by atoms with Gasteiger partial charge in [-0.3, -0.25) is 0 Å². The predicted octanol–water partition coefficient (Wildman–Crippen LogP) is 2.31. The van der Waals surface area contributed by atoms with E-state index in [1.807, 2.05) is 13.0 Å². The normalized spacial score (nSPS) is 11.4. The molecule has 1 aromatic rings. The van der Waals surface area contributed by atoms with Gasteiger partial charge in [-0.2, -0.15) is 5.26 Å². The molecule has 0 aliphatic heterocycles. The van der Waals surface area contributed by atoms with Crippen molar-refractivity contribution in [3.8, 4) is 6.07 Å². The molecule has 0 amide bonds. The van der Waals surface area contributed by atoms with E-state index in [0.29, 0.717) is 24.3 Å². The minimum Gasteiger partial charge on any atom is -0.464 e. The Morgan fingerprint density at radius 3 is 2.76 bits per heavy atom. The summed E-state index contributed by atoms with van der Waals surface area (Å²) < 4.78 is 4.96. The number of anilines is 1. The molecular formula is C13H16N2O2. The number of ether oxygens (including phenoxy) is 1. The van der Waals surface area contributed by atoms with E-state index in [4.69, 9.17) is 10.00 Å². The molecule has 90 valence electrons. The fourth-order valence-electron chi connectivity index (χ4n) is 1.46. The van der Waals surface area contributed by atoms with Crippen LogP contribution in [0.5, 0.6) is 0 Å². The standard InChI is InChI=1S/C13H16N2O2/c1-3-11(13(16)17-4-2)15-12-8-6-5-7-10(12)9-14/h5-8,11,15H,3-4H2,1-2H3. The minimum absolute atomic E-state index is 0.289. The van der Waals surface area contributed by atoms with Crippen LogP contribution in [-0.4, -0.2) is 18.6 Å². The van der Waals surface area contributed by atoms with Crippen LogP contribution >= 0.6 is 0 Å². The van der Waals surface area contributed by atoms with Crippen LogP contribution in [0.2, 0.25) is 0 Å². The van der Waals surface area contributed by atoms with Gasteiger partial charge < -0.3 is 10.1 Å². The molecule has 4 heteroatoms. The highest BCUT2D eigenvalue weighted by molar-refractivity contribution is 5.80. The number of carbonyl (C=O) groups excluding carboxylic acids is 1. The molecule has 0 bridgehead atoms. The van der Waals surface area contributed by atoms with E-state index in [-0.39, 0.29) is 5.97 Å². The van der Waals surface area contributed by atoms with Gasteiger partial charge in [0, 0.05) is 0 Å². The van der Waals surface area contributed by atoms with E-state index in [9.17, 15) is 4.79 Å². The van der Waals surface area contributed by atoms with Crippen molar-refractivity contribution in [3.63, 3.8) is 0 Å². The first-order chi connectivity index (χ1) is 8.22. The van der Waals surface area contributed by atoms with Crippen LogP contribution in [0, 0.1) is 11.3 Å². The average molecular weight is 232 g/mol. The zero-order valence-electron chi connectivity index (χ0n) is 10.1. The monoisotopic (exact) mass is 232 g/mol. The Kier molecular flexibility index (Phi) is 5.02. The summed E-state index contributed by atoms with van der Waals surface area (Å²) in [7, 11) is 0. The smallest absolute Gasteiger partial charge is 0.328 e. The quantitative estimate of drug-likeness (QED) is 0.791.